The number of nitrogens with zero attached hydrogens (tertiary/aromatic N) is 1. The van der Waals surface area contributed by atoms with E-state index in [1.807, 2.05) is 0 Å². The predicted molar refractivity (Wildman–Crippen MR) is 69.8 cm³/mol. The fraction of sp³-hybridized carbons (Fsp3) is 0.417. The van der Waals surface area contributed by atoms with Crippen molar-refractivity contribution in [3.05, 3.63) is 29.3 Å². The Balaban J connectivity index is 2.56. The van der Waals surface area contributed by atoms with Gasteiger partial charge in [0.2, 0.25) is 0 Å². The van der Waals surface area contributed by atoms with Crippen molar-refractivity contribution >= 4 is 21.6 Å². The third-order valence-corrected chi connectivity index (χ3v) is 5.76. The van der Waals surface area contributed by atoms with Gasteiger partial charge in [0.1, 0.15) is 0 Å². The van der Waals surface area contributed by atoms with Crippen molar-refractivity contribution in [1.82, 2.24) is 0 Å². The highest BCUT2D eigenvalue weighted by atomic mass is 32.2. The number of halogens is 3. The first kappa shape index (κ1) is 15.8. The number of rotatable bonds is 2. The number of carbonyl (C=O) groups excluding carboxylic acids is 1. The van der Waals surface area contributed by atoms with Gasteiger partial charge < -0.3 is 5.73 Å². The molecule has 1 amide bonds. The molecule has 0 radical (unpaired) electrons. The molecule has 0 atom stereocenters. The van der Waals surface area contributed by atoms with Gasteiger partial charge in [-0.05, 0) is 31.5 Å². The third kappa shape index (κ3) is 2.11. The Morgan fingerprint density at radius 2 is 1.86 bits per heavy atom. The van der Waals surface area contributed by atoms with Crippen LogP contribution in [0.1, 0.15) is 25.0 Å². The van der Waals surface area contributed by atoms with Crippen LogP contribution in [-0.2, 0) is 27.5 Å². The van der Waals surface area contributed by atoms with E-state index in [4.69, 9.17) is 5.73 Å². The van der Waals surface area contributed by atoms with Gasteiger partial charge in [-0.3, -0.25) is 4.79 Å². The van der Waals surface area contributed by atoms with E-state index in [1.165, 1.54) is 13.8 Å². The minimum absolute atomic E-state index is 0.170. The normalized spacial score (nSPS) is 20.3. The molecule has 1 aliphatic heterocycles. The Kier molecular flexibility index (Phi) is 3.34. The monoisotopic (exact) mass is 322 g/mol. The molecule has 0 saturated carbocycles. The Labute approximate surface area is 119 Å². The van der Waals surface area contributed by atoms with Crippen LogP contribution in [0, 0.1) is 0 Å². The number of hydrogen-bond donors (Lipinski definition) is 1. The van der Waals surface area contributed by atoms with E-state index in [2.05, 4.69) is 0 Å². The summed E-state index contributed by atoms with van der Waals surface area (Å²) in [5, 5.41) is 0. The van der Waals surface area contributed by atoms with Crippen molar-refractivity contribution in [2.45, 2.75) is 31.3 Å². The number of nitrogens with two attached hydrogens (primary N) is 1. The smallest absolute Gasteiger partial charge is 0.326 e. The molecule has 0 spiro atoms. The number of alkyl halides is 3. The summed E-state index contributed by atoms with van der Waals surface area (Å²) < 4.78 is 61.6. The maximum Gasteiger partial charge on any atom is 0.416 e. The molecule has 1 saturated heterocycles. The summed E-state index contributed by atoms with van der Waals surface area (Å²) in [5.41, 5.74) is 3.70. The second kappa shape index (κ2) is 4.44. The zero-order valence-corrected chi connectivity index (χ0v) is 12.0. The molecule has 1 heterocycles. The minimum Gasteiger partial charge on any atom is -0.326 e. The average molecular weight is 322 g/mol. The predicted octanol–water partition coefficient (Wildman–Crippen LogP) is 1.62. The van der Waals surface area contributed by atoms with Gasteiger partial charge in [-0.15, -0.1) is 0 Å². The van der Waals surface area contributed by atoms with Crippen LogP contribution >= 0.6 is 0 Å². The van der Waals surface area contributed by atoms with Crippen LogP contribution in [-0.4, -0.2) is 19.1 Å². The van der Waals surface area contributed by atoms with Gasteiger partial charge in [0, 0.05) is 6.54 Å². The highest BCUT2D eigenvalue weighted by Gasteiger charge is 2.61. The molecule has 1 fully saturated rings. The van der Waals surface area contributed by atoms with Crippen molar-refractivity contribution in [2.24, 2.45) is 5.73 Å². The third-order valence-electron chi connectivity index (χ3n) is 3.44. The quantitative estimate of drug-likeness (QED) is 0.897. The van der Waals surface area contributed by atoms with E-state index >= 15 is 0 Å². The van der Waals surface area contributed by atoms with E-state index in [0.717, 1.165) is 12.1 Å². The van der Waals surface area contributed by atoms with Gasteiger partial charge in [0.05, 0.1) is 11.3 Å². The number of anilines is 1. The molecule has 0 unspecified atom stereocenters. The molecule has 9 heteroatoms. The fourth-order valence-electron chi connectivity index (χ4n) is 2.04. The van der Waals surface area contributed by atoms with Gasteiger partial charge >= 0.3 is 6.18 Å². The van der Waals surface area contributed by atoms with E-state index in [1.54, 1.807) is 0 Å². The number of carbonyl (C=O) groups is 1. The highest BCUT2D eigenvalue weighted by Crippen LogP contribution is 2.41. The first-order chi connectivity index (χ1) is 9.44. The maximum absolute atomic E-state index is 12.9. The van der Waals surface area contributed by atoms with Gasteiger partial charge in [-0.2, -0.15) is 13.2 Å². The molecule has 116 valence electrons. The van der Waals surface area contributed by atoms with Crippen LogP contribution in [0.3, 0.4) is 0 Å². The van der Waals surface area contributed by atoms with Crippen LogP contribution in [0.4, 0.5) is 18.9 Å². The second-order valence-electron chi connectivity index (χ2n) is 5.13. The molecule has 1 aromatic carbocycles. The van der Waals surface area contributed by atoms with E-state index in [-0.39, 0.29) is 17.8 Å². The van der Waals surface area contributed by atoms with Crippen LogP contribution in [0.5, 0.6) is 0 Å². The first-order valence-electron chi connectivity index (χ1n) is 5.94. The summed E-state index contributed by atoms with van der Waals surface area (Å²) >= 11 is 0. The molecule has 0 bridgehead atoms. The zero-order valence-electron chi connectivity index (χ0n) is 11.2. The second-order valence-corrected chi connectivity index (χ2v) is 7.46. The molecule has 5 nitrogen and oxygen atoms in total. The number of benzene rings is 1. The summed E-state index contributed by atoms with van der Waals surface area (Å²) in [5.74, 6) is -0.767. The Hall–Kier alpha value is -1.61. The fourth-order valence-corrected chi connectivity index (χ4v) is 3.52. The standard InChI is InChI=1S/C12H13F3N2O3S/c1-11(2)10(18)17(21(11,19)20)8-4-3-7(6-16)9(5-8)12(13,14)15/h3-5H,6,16H2,1-2H3. The van der Waals surface area contributed by atoms with Crippen molar-refractivity contribution in [3.63, 3.8) is 0 Å². The minimum atomic E-state index is -4.68. The molecule has 21 heavy (non-hydrogen) atoms. The lowest BCUT2D eigenvalue weighted by molar-refractivity contribution is -0.138. The van der Waals surface area contributed by atoms with Crippen LogP contribution in [0.15, 0.2) is 18.2 Å². The van der Waals surface area contributed by atoms with E-state index in [0.29, 0.717) is 10.4 Å². The summed E-state index contributed by atoms with van der Waals surface area (Å²) in [6, 6.07) is 2.85. The molecule has 2 rings (SSSR count). The molecule has 1 aliphatic rings. The Morgan fingerprint density at radius 1 is 1.29 bits per heavy atom. The Morgan fingerprint density at radius 3 is 2.29 bits per heavy atom. The van der Waals surface area contributed by atoms with Crippen LogP contribution < -0.4 is 10.0 Å². The van der Waals surface area contributed by atoms with Gasteiger partial charge in [0.15, 0.2) is 4.75 Å². The highest BCUT2D eigenvalue weighted by molar-refractivity contribution is 7.98. The molecule has 2 N–H and O–H groups in total. The summed E-state index contributed by atoms with van der Waals surface area (Å²) in [6.45, 7) is 2.07. The first-order valence-corrected chi connectivity index (χ1v) is 7.38. The largest absolute Gasteiger partial charge is 0.416 e. The number of sulfonamides is 1. The summed E-state index contributed by atoms with van der Waals surface area (Å²) in [6.07, 6.45) is -4.68. The summed E-state index contributed by atoms with van der Waals surface area (Å²) in [7, 11) is -4.00. The SMILES string of the molecule is CC1(C)C(=O)N(c2ccc(CN)c(C(F)(F)F)c2)S1(=O)=O. The zero-order chi connectivity index (χ0) is 16.2. The molecule has 1 aromatic rings. The molecular weight excluding hydrogens is 309 g/mol. The number of amides is 1. The molecular formula is C12H13F3N2O3S. The van der Waals surface area contributed by atoms with E-state index in [9.17, 15) is 26.4 Å². The summed E-state index contributed by atoms with van der Waals surface area (Å²) in [4.78, 5) is 11.9. The Bertz CT molecular complexity index is 711. The van der Waals surface area contributed by atoms with Gasteiger partial charge in [-0.25, -0.2) is 12.7 Å². The van der Waals surface area contributed by atoms with Crippen LogP contribution in [0.2, 0.25) is 0 Å². The van der Waals surface area contributed by atoms with Crippen molar-refractivity contribution in [2.75, 3.05) is 4.31 Å². The lowest BCUT2D eigenvalue weighted by Crippen LogP contribution is -2.67. The van der Waals surface area contributed by atoms with Gasteiger partial charge in [-0.1, -0.05) is 6.07 Å². The van der Waals surface area contributed by atoms with Gasteiger partial charge in [0.25, 0.3) is 15.9 Å². The van der Waals surface area contributed by atoms with Crippen molar-refractivity contribution < 1.29 is 26.4 Å². The molecule has 0 aliphatic carbocycles. The molecule has 0 aromatic heterocycles. The van der Waals surface area contributed by atoms with Crippen molar-refractivity contribution in [3.8, 4) is 0 Å². The van der Waals surface area contributed by atoms with Crippen molar-refractivity contribution in [1.29, 1.82) is 0 Å². The number of hydrogen-bond acceptors (Lipinski definition) is 4. The van der Waals surface area contributed by atoms with E-state index < -0.39 is 32.4 Å². The average Bonchev–Trinajstić information content (AvgIpc) is 2.37. The lowest BCUT2D eigenvalue weighted by Gasteiger charge is -2.43. The van der Waals surface area contributed by atoms with Crippen LogP contribution in [0.25, 0.3) is 0 Å². The topological polar surface area (TPSA) is 80.5 Å². The maximum atomic E-state index is 12.9. The lowest BCUT2D eigenvalue weighted by atomic mass is 10.1.